The number of para-hydroxylation sites is 2. The number of carbonyl (C=O) groups excluding carboxylic acids is 1. The van der Waals surface area contributed by atoms with E-state index in [0.717, 1.165) is 21.6 Å². The molecule has 3 rings (SSSR count). The SMILES string of the molecule is CC(Cc1ccccc1Cl)NC(=O)C(C)n1cnc2ccccc21. The Labute approximate surface area is 146 Å². The van der Waals surface area contributed by atoms with Crippen LogP contribution in [0.25, 0.3) is 11.0 Å². The molecule has 0 aliphatic rings. The quantitative estimate of drug-likeness (QED) is 0.762. The first kappa shape index (κ1) is 16.5. The number of halogens is 1. The van der Waals surface area contributed by atoms with E-state index in [-0.39, 0.29) is 18.0 Å². The fourth-order valence-electron chi connectivity index (χ4n) is 2.82. The lowest BCUT2D eigenvalue weighted by molar-refractivity contribution is -0.124. The van der Waals surface area contributed by atoms with Gasteiger partial charge >= 0.3 is 0 Å². The monoisotopic (exact) mass is 341 g/mol. The number of nitrogens with zero attached hydrogens (tertiary/aromatic N) is 2. The molecule has 0 saturated carbocycles. The van der Waals surface area contributed by atoms with Gasteiger partial charge in [-0.05, 0) is 44.0 Å². The van der Waals surface area contributed by atoms with Gasteiger partial charge in [0.1, 0.15) is 6.04 Å². The second-order valence-electron chi connectivity index (χ2n) is 6.02. The fraction of sp³-hybridized carbons (Fsp3) is 0.263. The number of hydrogen-bond acceptors (Lipinski definition) is 2. The van der Waals surface area contributed by atoms with Crippen LogP contribution in [0, 0.1) is 0 Å². The fourth-order valence-corrected chi connectivity index (χ4v) is 3.03. The minimum absolute atomic E-state index is 0.00497. The van der Waals surface area contributed by atoms with Crippen LogP contribution >= 0.6 is 11.6 Å². The van der Waals surface area contributed by atoms with Crippen LogP contribution < -0.4 is 5.32 Å². The van der Waals surface area contributed by atoms with Gasteiger partial charge in [0.05, 0.1) is 17.4 Å². The number of nitrogens with one attached hydrogen (secondary N) is 1. The molecule has 0 saturated heterocycles. The van der Waals surface area contributed by atoms with Crippen molar-refractivity contribution in [2.45, 2.75) is 32.4 Å². The van der Waals surface area contributed by atoms with Crippen molar-refractivity contribution in [1.29, 1.82) is 0 Å². The number of carbonyl (C=O) groups is 1. The number of hydrogen-bond donors (Lipinski definition) is 1. The lowest BCUT2D eigenvalue weighted by atomic mass is 10.1. The highest BCUT2D eigenvalue weighted by atomic mass is 35.5. The highest BCUT2D eigenvalue weighted by Crippen LogP contribution is 2.19. The Hall–Kier alpha value is -2.33. The van der Waals surface area contributed by atoms with Crippen LogP contribution in [0.3, 0.4) is 0 Å². The Bertz CT molecular complexity index is 858. The van der Waals surface area contributed by atoms with Gasteiger partial charge in [-0.2, -0.15) is 0 Å². The zero-order valence-electron chi connectivity index (χ0n) is 13.7. The van der Waals surface area contributed by atoms with Crippen molar-refractivity contribution in [3.63, 3.8) is 0 Å². The van der Waals surface area contributed by atoms with Crippen LogP contribution in [0.5, 0.6) is 0 Å². The highest BCUT2D eigenvalue weighted by Gasteiger charge is 2.19. The maximum absolute atomic E-state index is 12.6. The van der Waals surface area contributed by atoms with Gasteiger partial charge in [-0.3, -0.25) is 4.79 Å². The van der Waals surface area contributed by atoms with E-state index in [2.05, 4.69) is 10.3 Å². The molecule has 1 N–H and O–H groups in total. The summed E-state index contributed by atoms with van der Waals surface area (Å²) in [4.78, 5) is 16.9. The van der Waals surface area contributed by atoms with E-state index < -0.39 is 0 Å². The van der Waals surface area contributed by atoms with Gasteiger partial charge in [-0.1, -0.05) is 41.9 Å². The Morgan fingerprint density at radius 3 is 2.67 bits per heavy atom. The molecule has 1 amide bonds. The summed E-state index contributed by atoms with van der Waals surface area (Å²) in [7, 11) is 0. The first-order valence-electron chi connectivity index (χ1n) is 8.01. The van der Waals surface area contributed by atoms with Crippen molar-refractivity contribution in [1.82, 2.24) is 14.9 Å². The summed E-state index contributed by atoms with van der Waals surface area (Å²) in [6.07, 6.45) is 2.41. The molecule has 0 bridgehead atoms. The minimum Gasteiger partial charge on any atom is -0.352 e. The smallest absolute Gasteiger partial charge is 0.243 e. The van der Waals surface area contributed by atoms with Crippen molar-refractivity contribution in [2.75, 3.05) is 0 Å². The van der Waals surface area contributed by atoms with E-state index in [0.29, 0.717) is 6.42 Å². The van der Waals surface area contributed by atoms with Gasteiger partial charge in [0.2, 0.25) is 5.91 Å². The predicted octanol–water partition coefficient (Wildman–Crippen LogP) is 4.00. The first-order valence-corrected chi connectivity index (χ1v) is 8.39. The van der Waals surface area contributed by atoms with E-state index in [1.807, 2.05) is 66.9 Å². The Kier molecular flexibility index (Phi) is 4.86. The summed E-state index contributed by atoms with van der Waals surface area (Å²) in [5, 5.41) is 3.79. The van der Waals surface area contributed by atoms with Crippen LogP contribution in [0.1, 0.15) is 25.5 Å². The lowest BCUT2D eigenvalue weighted by Crippen LogP contribution is -2.38. The van der Waals surface area contributed by atoms with Gasteiger partial charge in [0.15, 0.2) is 0 Å². The number of fused-ring (bicyclic) bond motifs is 1. The molecule has 2 atom stereocenters. The molecule has 2 unspecified atom stereocenters. The summed E-state index contributed by atoms with van der Waals surface area (Å²) >= 11 is 6.19. The number of imidazole rings is 1. The van der Waals surface area contributed by atoms with E-state index >= 15 is 0 Å². The van der Waals surface area contributed by atoms with Crippen LogP contribution in [-0.4, -0.2) is 21.5 Å². The summed E-state index contributed by atoms with van der Waals surface area (Å²) in [6.45, 7) is 3.87. The zero-order valence-corrected chi connectivity index (χ0v) is 14.5. The van der Waals surface area contributed by atoms with E-state index in [4.69, 9.17) is 11.6 Å². The standard InChI is InChI=1S/C19H20ClN3O/c1-13(11-15-7-3-4-8-16(15)20)22-19(24)14(2)23-12-21-17-9-5-6-10-18(17)23/h3-10,12-14H,11H2,1-2H3,(H,22,24). The summed E-state index contributed by atoms with van der Waals surface area (Å²) in [5.74, 6) is -0.0299. The number of amides is 1. The molecular weight excluding hydrogens is 322 g/mol. The summed E-state index contributed by atoms with van der Waals surface area (Å²) in [6, 6.07) is 15.2. The van der Waals surface area contributed by atoms with Crippen LogP contribution in [-0.2, 0) is 11.2 Å². The highest BCUT2D eigenvalue weighted by molar-refractivity contribution is 6.31. The van der Waals surface area contributed by atoms with Crippen molar-refractivity contribution >= 4 is 28.5 Å². The maximum Gasteiger partial charge on any atom is 0.243 e. The molecule has 1 heterocycles. The second kappa shape index (κ2) is 7.05. The first-order chi connectivity index (χ1) is 11.6. The topological polar surface area (TPSA) is 46.9 Å². The zero-order chi connectivity index (χ0) is 17.1. The number of aromatic nitrogens is 2. The number of benzene rings is 2. The minimum atomic E-state index is -0.328. The van der Waals surface area contributed by atoms with E-state index in [1.54, 1.807) is 6.33 Å². The third kappa shape index (κ3) is 3.44. The molecule has 124 valence electrons. The van der Waals surface area contributed by atoms with Gasteiger partial charge in [-0.25, -0.2) is 4.98 Å². The van der Waals surface area contributed by atoms with Crippen molar-refractivity contribution in [3.05, 3.63) is 65.4 Å². The Morgan fingerprint density at radius 2 is 1.88 bits per heavy atom. The van der Waals surface area contributed by atoms with E-state index in [9.17, 15) is 4.79 Å². The van der Waals surface area contributed by atoms with Crippen LogP contribution in [0.4, 0.5) is 0 Å². The maximum atomic E-state index is 12.6. The third-order valence-electron chi connectivity index (χ3n) is 4.15. The van der Waals surface area contributed by atoms with Crippen molar-refractivity contribution in [3.8, 4) is 0 Å². The molecule has 3 aromatic rings. The largest absolute Gasteiger partial charge is 0.352 e. The average Bonchev–Trinajstić information content (AvgIpc) is 3.00. The number of rotatable bonds is 5. The van der Waals surface area contributed by atoms with Gasteiger partial charge in [0, 0.05) is 11.1 Å². The molecular formula is C19H20ClN3O. The Morgan fingerprint density at radius 1 is 1.17 bits per heavy atom. The molecule has 0 radical (unpaired) electrons. The molecule has 0 aliphatic heterocycles. The van der Waals surface area contributed by atoms with Gasteiger partial charge in [-0.15, -0.1) is 0 Å². The van der Waals surface area contributed by atoms with Gasteiger partial charge < -0.3 is 9.88 Å². The van der Waals surface area contributed by atoms with Gasteiger partial charge in [0.25, 0.3) is 0 Å². The molecule has 0 fully saturated rings. The molecule has 1 aromatic heterocycles. The average molecular weight is 342 g/mol. The van der Waals surface area contributed by atoms with Crippen molar-refractivity contribution in [2.24, 2.45) is 0 Å². The van der Waals surface area contributed by atoms with E-state index in [1.165, 1.54) is 0 Å². The molecule has 5 heteroatoms. The summed E-state index contributed by atoms with van der Waals surface area (Å²) < 4.78 is 1.90. The molecule has 0 aliphatic carbocycles. The van der Waals surface area contributed by atoms with Crippen molar-refractivity contribution < 1.29 is 4.79 Å². The molecule has 24 heavy (non-hydrogen) atoms. The predicted molar refractivity (Wildman–Crippen MR) is 97.2 cm³/mol. The lowest BCUT2D eigenvalue weighted by Gasteiger charge is -2.19. The molecule has 0 spiro atoms. The normalized spacial score (nSPS) is 13.6. The molecule has 2 aromatic carbocycles. The Balaban J connectivity index is 1.69. The van der Waals surface area contributed by atoms with Crippen LogP contribution in [0.15, 0.2) is 54.9 Å². The summed E-state index contributed by atoms with van der Waals surface area (Å²) in [5.41, 5.74) is 2.88. The second-order valence-corrected chi connectivity index (χ2v) is 6.43. The molecule has 4 nitrogen and oxygen atoms in total. The third-order valence-corrected chi connectivity index (χ3v) is 4.52. The van der Waals surface area contributed by atoms with Crippen LogP contribution in [0.2, 0.25) is 5.02 Å².